The Labute approximate surface area is 160 Å². The molecule has 3 aromatic rings. The Morgan fingerprint density at radius 3 is 1.62 bits per heavy atom. The third-order valence-electron chi connectivity index (χ3n) is 3.70. The van der Waals surface area contributed by atoms with Gasteiger partial charge in [0.05, 0.1) is 20.6 Å². The van der Waals surface area contributed by atoms with Gasteiger partial charge < -0.3 is 0 Å². The molecule has 0 saturated heterocycles. The van der Waals surface area contributed by atoms with Crippen molar-refractivity contribution in [2.75, 3.05) is 0 Å². The number of benzene rings is 3. The molecule has 4 rings (SSSR count). The summed E-state index contributed by atoms with van der Waals surface area (Å²) in [6.45, 7) is 0. The van der Waals surface area contributed by atoms with Crippen LogP contribution in [-0.2, 0) is 21.7 Å². The Morgan fingerprint density at radius 1 is 0.667 bits per heavy atom. The fourth-order valence-electron chi connectivity index (χ4n) is 2.65. The minimum absolute atomic E-state index is 0.428. The average Bonchev–Trinajstić information content (AvgIpc) is 2.56. The van der Waals surface area contributed by atoms with Crippen LogP contribution in [0.15, 0.2) is 85.1 Å². The van der Waals surface area contributed by atoms with Crippen molar-refractivity contribution in [1.29, 1.82) is 0 Å². The lowest BCUT2D eigenvalue weighted by atomic mass is 10.3. The maximum Gasteiger partial charge on any atom is 0.184 e. The van der Waals surface area contributed by atoms with Crippen LogP contribution in [0.4, 0.5) is 0 Å². The van der Waals surface area contributed by atoms with Gasteiger partial charge in [0, 0.05) is 27.2 Å². The van der Waals surface area contributed by atoms with Gasteiger partial charge in [-0.3, -0.25) is 0 Å². The van der Waals surface area contributed by atoms with Gasteiger partial charge >= 0.3 is 0 Å². The Morgan fingerprint density at radius 2 is 1.12 bits per heavy atom. The van der Waals surface area contributed by atoms with E-state index >= 15 is 0 Å². The van der Waals surface area contributed by atoms with E-state index in [1.165, 1.54) is 0 Å². The van der Waals surface area contributed by atoms with Gasteiger partial charge in [-0.25, -0.2) is 4.21 Å². The summed E-state index contributed by atoms with van der Waals surface area (Å²) >= 11 is 18.5. The van der Waals surface area contributed by atoms with Crippen molar-refractivity contribution in [1.82, 2.24) is 0 Å². The highest BCUT2D eigenvalue weighted by molar-refractivity contribution is 7.99. The first-order valence-corrected chi connectivity index (χ1v) is 10.6. The van der Waals surface area contributed by atoms with Crippen LogP contribution in [0.5, 0.6) is 0 Å². The van der Waals surface area contributed by atoms with Crippen LogP contribution in [-0.4, -0.2) is 4.21 Å². The lowest BCUT2D eigenvalue weighted by Gasteiger charge is -2.19. The highest BCUT2D eigenvalue weighted by Gasteiger charge is 2.41. The quantitative estimate of drug-likeness (QED) is 0.339. The maximum absolute atomic E-state index is 13.0. The average molecular weight is 413 g/mol. The number of halogens is 3. The van der Waals surface area contributed by atoms with Crippen LogP contribution >= 0.6 is 34.8 Å². The van der Waals surface area contributed by atoms with Gasteiger partial charge in [0.15, 0.2) is 14.7 Å². The van der Waals surface area contributed by atoms with Gasteiger partial charge in [-0.15, -0.1) is 0 Å². The second-order valence-corrected chi connectivity index (χ2v) is 9.90. The second-order valence-electron chi connectivity index (χ2n) is 5.21. The Bertz CT molecular complexity index is 915. The number of hydrogen-bond acceptors (Lipinski definition) is 1. The highest BCUT2D eigenvalue weighted by Crippen LogP contribution is 2.44. The zero-order chi connectivity index (χ0) is 16.8. The summed E-state index contributed by atoms with van der Waals surface area (Å²) in [4.78, 5) is 4.62. The number of fused-ring (bicyclic) bond motifs is 2. The first-order valence-electron chi connectivity index (χ1n) is 7.05. The molecule has 0 radical (unpaired) electrons. The Kier molecular flexibility index (Phi) is 4.40. The van der Waals surface area contributed by atoms with E-state index < -0.39 is 21.7 Å². The zero-order valence-corrected chi connectivity index (χ0v) is 16.0. The number of rotatable bonds is 1. The second kappa shape index (κ2) is 6.40. The monoisotopic (exact) mass is 411 g/mol. The summed E-state index contributed by atoms with van der Waals surface area (Å²) in [5.74, 6) is 0. The van der Waals surface area contributed by atoms with Crippen molar-refractivity contribution in [3.05, 3.63) is 75.7 Å². The van der Waals surface area contributed by atoms with E-state index in [1.807, 2.05) is 48.5 Å². The van der Waals surface area contributed by atoms with Crippen LogP contribution in [0.2, 0.25) is 15.1 Å². The molecule has 0 amide bonds. The van der Waals surface area contributed by atoms with Crippen molar-refractivity contribution < 1.29 is 4.21 Å². The minimum Gasteiger partial charge on any atom is -0.249 e. The lowest BCUT2D eigenvalue weighted by molar-refractivity contribution is 0.679. The molecule has 120 valence electrons. The van der Waals surface area contributed by atoms with Crippen molar-refractivity contribution in [3.8, 4) is 0 Å². The highest BCUT2D eigenvalue weighted by atomic mass is 35.5. The Balaban J connectivity index is 2.03. The topological polar surface area (TPSA) is 17.1 Å². The molecule has 0 saturated carbocycles. The smallest absolute Gasteiger partial charge is 0.184 e. The first kappa shape index (κ1) is 16.5. The molecule has 24 heavy (non-hydrogen) atoms. The van der Waals surface area contributed by atoms with Crippen molar-refractivity contribution in [2.45, 2.75) is 24.5 Å². The molecule has 0 unspecified atom stereocenters. The number of hydrogen-bond donors (Lipinski definition) is 0. The van der Waals surface area contributed by atoms with E-state index in [0.29, 0.717) is 15.1 Å². The predicted molar refractivity (Wildman–Crippen MR) is 101 cm³/mol. The molecule has 0 N–H and O–H groups in total. The molecule has 0 aliphatic carbocycles. The largest absolute Gasteiger partial charge is 0.249 e. The molecule has 1 aliphatic rings. The first-order chi connectivity index (χ1) is 11.5. The van der Waals surface area contributed by atoms with Gasteiger partial charge in [-0.1, -0.05) is 34.8 Å². The molecular weight excluding hydrogens is 403 g/mol. The molecule has 0 spiro atoms. The molecule has 0 atom stereocenters. The molecule has 6 heteroatoms. The van der Waals surface area contributed by atoms with E-state index in [2.05, 4.69) is 0 Å². The standard InChI is InChI=1S/C18H10Cl3OS2/c19-11-1-5-14(6-2-11)23-17-9-12(20)3-7-15(17)24(22)16-8-4-13(21)10-18(16)23/h1-10H/q+1. The van der Waals surface area contributed by atoms with Gasteiger partial charge in [0.2, 0.25) is 0 Å². The molecule has 1 nitrogen and oxygen atoms in total. The summed E-state index contributed by atoms with van der Waals surface area (Å²) in [6.07, 6.45) is 0. The van der Waals surface area contributed by atoms with E-state index in [9.17, 15) is 4.21 Å². The Hall–Kier alpha value is -0.970. The van der Waals surface area contributed by atoms with E-state index in [1.54, 1.807) is 12.1 Å². The lowest BCUT2D eigenvalue weighted by Crippen LogP contribution is -2.16. The van der Waals surface area contributed by atoms with Crippen LogP contribution in [0.3, 0.4) is 0 Å². The summed E-state index contributed by atoms with van der Waals surface area (Å²) in [6, 6.07) is 18.8. The maximum atomic E-state index is 13.0. The molecule has 0 fully saturated rings. The van der Waals surface area contributed by atoms with E-state index in [0.717, 1.165) is 24.5 Å². The van der Waals surface area contributed by atoms with Gasteiger partial charge in [0.1, 0.15) is 10.9 Å². The van der Waals surface area contributed by atoms with Crippen LogP contribution < -0.4 is 0 Å². The van der Waals surface area contributed by atoms with Crippen LogP contribution in [0.25, 0.3) is 0 Å². The predicted octanol–water partition coefficient (Wildman–Crippen LogP) is 6.22. The molecular formula is C18H10Cl3OS2+. The fraction of sp³-hybridized carbons (Fsp3) is 0. The SMILES string of the molecule is O=S1c2ccc(Cl)cc2[S+](c2ccc(Cl)cc2)c2cc(Cl)ccc21. The summed E-state index contributed by atoms with van der Waals surface area (Å²) in [7, 11) is -1.67. The zero-order valence-electron chi connectivity index (χ0n) is 12.1. The summed E-state index contributed by atoms with van der Waals surface area (Å²) in [5, 5.41) is 1.94. The molecule has 3 aromatic carbocycles. The summed E-state index contributed by atoms with van der Waals surface area (Å²) in [5.41, 5.74) is 0. The van der Waals surface area contributed by atoms with Crippen LogP contribution in [0.1, 0.15) is 0 Å². The van der Waals surface area contributed by atoms with Gasteiger partial charge in [0.25, 0.3) is 0 Å². The van der Waals surface area contributed by atoms with E-state index in [4.69, 9.17) is 34.8 Å². The van der Waals surface area contributed by atoms with Gasteiger partial charge in [-0.05, 0) is 48.5 Å². The fourth-order valence-corrected chi connectivity index (χ4v) is 7.49. The minimum atomic E-state index is -1.24. The molecule has 1 heterocycles. The van der Waals surface area contributed by atoms with Crippen molar-refractivity contribution in [2.24, 2.45) is 0 Å². The third kappa shape index (κ3) is 2.79. The van der Waals surface area contributed by atoms with Crippen molar-refractivity contribution >= 4 is 56.5 Å². The molecule has 1 aliphatic heterocycles. The van der Waals surface area contributed by atoms with Crippen LogP contribution in [0, 0.1) is 0 Å². The van der Waals surface area contributed by atoms with Gasteiger partial charge in [-0.2, -0.15) is 0 Å². The molecule has 0 aromatic heterocycles. The van der Waals surface area contributed by atoms with E-state index in [-0.39, 0.29) is 0 Å². The summed E-state index contributed by atoms with van der Waals surface area (Å²) < 4.78 is 13.0. The molecule has 0 bridgehead atoms. The normalized spacial score (nSPS) is 18.8. The van der Waals surface area contributed by atoms with Crippen molar-refractivity contribution in [3.63, 3.8) is 0 Å². The third-order valence-corrected chi connectivity index (χ3v) is 8.49.